The Morgan fingerprint density at radius 1 is 1.48 bits per heavy atom. The van der Waals surface area contributed by atoms with Crippen LogP contribution in [0.2, 0.25) is 0 Å². The summed E-state index contributed by atoms with van der Waals surface area (Å²) in [5, 5.41) is 5.11. The molecule has 0 spiro atoms. The van der Waals surface area contributed by atoms with E-state index in [1.165, 1.54) is 29.5 Å². The number of amides is 2. The minimum atomic E-state index is -0.430. The van der Waals surface area contributed by atoms with Crippen molar-refractivity contribution in [2.24, 2.45) is 0 Å². The van der Waals surface area contributed by atoms with Gasteiger partial charge in [0.1, 0.15) is 11.6 Å². The SMILES string of the molecule is CCOc1cc(F)ccc1NC(=O)Cc1csc(N2CCCC2=O)n1. The zero-order chi connectivity index (χ0) is 17.8. The van der Waals surface area contributed by atoms with E-state index in [2.05, 4.69) is 10.3 Å². The third-order valence-electron chi connectivity index (χ3n) is 3.70. The van der Waals surface area contributed by atoms with Crippen molar-refractivity contribution in [2.75, 3.05) is 23.4 Å². The molecule has 0 aliphatic carbocycles. The second-order valence-corrected chi connectivity index (χ2v) is 6.41. The molecule has 0 unspecified atom stereocenters. The van der Waals surface area contributed by atoms with Crippen LogP contribution in [-0.4, -0.2) is 29.9 Å². The Balaban J connectivity index is 1.65. The minimum absolute atomic E-state index is 0.0676. The van der Waals surface area contributed by atoms with Crippen LogP contribution in [0.5, 0.6) is 5.75 Å². The van der Waals surface area contributed by atoms with Crippen molar-refractivity contribution in [2.45, 2.75) is 26.2 Å². The zero-order valence-electron chi connectivity index (χ0n) is 13.8. The summed E-state index contributed by atoms with van der Waals surface area (Å²) in [7, 11) is 0. The number of aromatic nitrogens is 1. The van der Waals surface area contributed by atoms with E-state index in [1.807, 2.05) is 0 Å². The molecule has 1 aromatic carbocycles. The van der Waals surface area contributed by atoms with Gasteiger partial charge in [-0.15, -0.1) is 11.3 Å². The fraction of sp³-hybridized carbons (Fsp3) is 0.353. The van der Waals surface area contributed by atoms with Crippen LogP contribution in [0.25, 0.3) is 0 Å². The molecule has 1 fully saturated rings. The van der Waals surface area contributed by atoms with Crippen LogP contribution in [0.15, 0.2) is 23.6 Å². The Bertz CT molecular complexity index is 793. The molecule has 0 atom stereocenters. The highest BCUT2D eigenvalue weighted by Crippen LogP contribution is 2.27. The molecule has 1 aromatic heterocycles. The maximum absolute atomic E-state index is 13.3. The number of anilines is 2. The molecule has 1 aliphatic heterocycles. The molecule has 3 rings (SSSR count). The summed E-state index contributed by atoms with van der Waals surface area (Å²) in [6.07, 6.45) is 1.45. The molecular formula is C17H18FN3O3S. The van der Waals surface area contributed by atoms with Gasteiger partial charge in [0.25, 0.3) is 0 Å². The average Bonchev–Trinajstić information content (AvgIpc) is 3.19. The van der Waals surface area contributed by atoms with E-state index in [9.17, 15) is 14.0 Å². The van der Waals surface area contributed by atoms with E-state index in [1.54, 1.807) is 17.2 Å². The number of hydrogen-bond donors (Lipinski definition) is 1. The van der Waals surface area contributed by atoms with Crippen molar-refractivity contribution in [3.63, 3.8) is 0 Å². The van der Waals surface area contributed by atoms with Crippen molar-refractivity contribution in [3.05, 3.63) is 35.1 Å². The topological polar surface area (TPSA) is 71.5 Å². The van der Waals surface area contributed by atoms with Crippen LogP contribution in [-0.2, 0) is 16.0 Å². The summed E-state index contributed by atoms with van der Waals surface area (Å²) < 4.78 is 18.6. The van der Waals surface area contributed by atoms with Crippen LogP contribution >= 0.6 is 11.3 Å². The first-order valence-corrected chi connectivity index (χ1v) is 8.91. The highest BCUT2D eigenvalue weighted by Gasteiger charge is 2.24. The molecule has 6 nitrogen and oxygen atoms in total. The molecule has 1 aliphatic rings. The molecule has 2 amide bonds. The van der Waals surface area contributed by atoms with Gasteiger partial charge in [-0.3, -0.25) is 14.5 Å². The first-order valence-electron chi connectivity index (χ1n) is 8.03. The second-order valence-electron chi connectivity index (χ2n) is 5.57. The van der Waals surface area contributed by atoms with E-state index in [0.717, 1.165) is 6.42 Å². The number of halogens is 1. The van der Waals surface area contributed by atoms with Crippen LogP contribution in [0.4, 0.5) is 15.2 Å². The molecule has 0 saturated carbocycles. The van der Waals surface area contributed by atoms with E-state index >= 15 is 0 Å². The standard InChI is InChI=1S/C17H18FN3O3S/c1-2-24-14-8-11(18)5-6-13(14)20-15(22)9-12-10-25-17(19-12)21-7-3-4-16(21)23/h5-6,8,10H,2-4,7,9H2,1H3,(H,20,22). The van der Waals surface area contributed by atoms with Gasteiger partial charge in [-0.25, -0.2) is 9.37 Å². The number of carbonyl (C=O) groups is 2. The Kier molecular flexibility index (Phi) is 5.28. The van der Waals surface area contributed by atoms with E-state index in [4.69, 9.17) is 4.74 Å². The molecular weight excluding hydrogens is 345 g/mol. The summed E-state index contributed by atoms with van der Waals surface area (Å²) in [6, 6.07) is 3.96. The van der Waals surface area contributed by atoms with Gasteiger partial charge in [-0.05, 0) is 25.5 Å². The molecule has 1 saturated heterocycles. The Hall–Kier alpha value is -2.48. The molecule has 1 N–H and O–H groups in total. The normalized spacial score (nSPS) is 14.0. The predicted molar refractivity (Wildman–Crippen MR) is 93.6 cm³/mol. The number of ether oxygens (including phenoxy) is 1. The number of thiazole rings is 1. The van der Waals surface area contributed by atoms with Gasteiger partial charge in [0.05, 0.1) is 24.4 Å². The van der Waals surface area contributed by atoms with Gasteiger partial charge in [0, 0.05) is 24.4 Å². The summed E-state index contributed by atoms with van der Waals surface area (Å²) in [6.45, 7) is 2.82. The highest BCUT2D eigenvalue weighted by atomic mass is 32.1. The van der Waals surface area contributed by atoms with Gasteiger partial charge in [-0.1, -0.05) is 0 Å². The number of hydrogen-bond acceptors (Lipinski definition) is 5. The number of nitrogens with one attached hydrogen (secondary N) is 1. The van der Waals surface area contributed by atoms with E-state index in [0.29, 0.717) is 36.1 Å². The quantitative estimate of drug-likeness (QED) is 0.856. The van der Waals surface area contributed by atoms with Crippen LogP contribution in [0.1, 0.15) is 25.5 Å². The smallest absolute Gasteiger partial charge is 0.230 e. The number of nitrogens with zero attached hydrogens (tertiary/aromatic N) is 2. The number of rotatable bonds is 6. The zero-order valence-corrected chi connectivity index (χ0v) is 14.6. The van der Waals surface area contributed by atoms with Gasteiger partial charge >= 0.3 is 0 Å². The third-order valence-corrected chi connectivity index (χ3v) is 4.62. The van der Waals surface area contributed by atoms with Gasteiger partial charge in [0.2, 0.25) is 11.8 Å². The predicted octanol–water partition coefficient (Wildman–Crippen LogP) is 2.99. The van der Waals surface area contributed by atoms with Gasteiger partial charge < -0.3 is 10.1 Å². The lowest BCUT2D eigenvalue weighted by Crippen LogP contribution is -2.23. The molecule has 25 heavy (non-hydrogen) atoms. The van der Waals surface area contributed by atoms with Crippen LogP contribution in [0, 0.1) is 5.82 Å². The Morgan fingerprint density at radius 3 is 3.04 bits per heavy atom. The molecule has 0 bridgehead atoms. The van der Waals surface area contributed by atoms with Crippen molar-refractivity contribution < 1.29 is 18.7 Å². The molecule has 8 heteroatoms. The van der Waals surface area contributed by atoms with Crippen LogP contribution < -0.4 is 15.0 Å². The first kappa shape index (κ1) is 17.3. The van der Waals surface area contributed by atoms with Crippen molar-refractivity contribution in [1.82, 2.24) is 4.98 Å². The lowest BCUT2D eigenvalue weighted by molar-refractivity contribution is -0.117. The summed E-state index contributed by atoms with van der Waals surface area (Å²) in [5.41, 5.74) is 1.01. The van der Waals surface area contributed by atoms with Crippen molar-refractivity contribution >= 4 is 34.0 Å². The lowest BCUT2D eigenvalue weighted by atomic mass is 10.2. The monoisotopic (exact) mass is 363 g/mol. The fourth-order valence-electron chi connectivity index (χ4n) is 2.59. The largest absolute Gasteiger partial charge is 0.492 e. The van der Waals surface area contributed by atoms with Gasteiger partial charge in [0.15, 0.2) is 5.13 Å². The highest BCUT2D eigenvalue weighted by molar-refractivity contribution is 7.14. The summed E-state index contributed by atoms with van der Waals surface area (Å²) in [5.74, 6) is -0.353. The van der Waals surface area contributed by atoms with Crippen molar-refractivity contribution in [1.29, 1.82) is 0 Å². The molecule has 2 heterocycles. The fourth-order valence-corrected chi connectivity index (χ4v) is 3.45. The van der Waals surface area contributed by atoms with Crippen LogP contribution in [0.3, 0.4) is 0 Å². The number of benzene rings is 1. The molecule has 2 aromatic rings. The van der Waals surface area contributed by atoms with Gasteiger partial charge in [-0.2, -0.15) is 0 Å². The number of carbonyl (C=O) groups excluding carboxylic acids is 2. The Morgan fingerprint density at radius 2 is 2.32 bits per heavy atom. The lowest BCUT2D eigenvalue weighted by Gasteiger charge is -2.11. The second kappa shape index (κ2) is 7.60. The van der Waals surface area contributed by atoms with E-state index < -0.39 is 5.82 Å². The molecule has 132 valence electrons. The maximum Gasteiger partial charge on any atom is 0.230 e. The molecule has 0 radical (unpaired) electrons. The summed E-state index contributed by atoms with van der Waals surface area (Å²) >= 11 is 1.35. The minimum Gasteiger partial charge on any atom is -0.492 e. The summed E-state index contributed by atoms with van der Waals surface area (Å²) in [4.78, 5) is 30.0. The maximum atomic E-state index is 13.3. The van der Waals surface area contributed by atoms with E-state index in [-0.39, 0.29) is 24.0 Å². The first-order chi connectivity index (χ1) is 12.1. The Labute approximate surface area is 148 Å². The third kappa shape index (κ3) is 4.14. The van der Waals surface area contributed by atoms with Crippen molar-refractivity contribution in [3.8, 4) is 5.75 Å². The average molecular weight is 363 g/mol.